The molecular formula is C30H38N2O5S. The zero-order chi connectivity index (χ0) is 27.3. The van der Waals surface area contributed by atoms with Crippen molar-refractivity contribution in [1.82, 2.24) is 9.21 Å². The lowest BCUT2D eigenvalue weighted by molar-refractivity contribution is -0.130. The van der Waals surface area contributed by atoms with Crippen LogP contribution in [-0.4, -0.2) is 67.5 Å². The van der Waals surface area contributed by atoms with Crippen LogP contribution in [-0.2, 0) is 21.2 Å². The molecule has 1 aliphatic heterocycles. The van der Waals surface area contributed by atoms with Crippen LogP contribution in [0.3, 0.4) is 0 Å². The monoisotopic (exact) mass is 538 g/mol. The van der Waals surface area contributed by atoms with Gasteiger partial charge in [0.05, 0.1) is 19.6 Å². The van der Waals surface area contributed by atoms with Gasteiger partial charge >= 0.3 is 0 Å². The topological polar surface area (TPSA) is 87.2 Å². The molecule has 38 heavy (non-hydrogen) atoms. The third kappa shape index (κ3) is 6.58. The first-order chi connectivity index (χ1) is 18.2. The highest BCUT2D eigenvalue weighted by Crippen LogP contribution is 2.34. The van der Waals surface area contributed by atoms with Gasteiger partial charge in [0.2, 0.25) is 15.9 Å². The van der Waals surface area contributed by atoms with Crippen molar-refractivity contribution in [1.29, 1.82) is 0 Å². The van der Waals surface area contributed by atoms with E-state index in [0.717, 1.165) is 18.4 Å². The third-order valence-electron chi connectivity index (χ3n) is 7.52. The van der Waals surface area contributed by atoms with E-state index in [1.165, 1.54) is 17.1 Å². The fourth-order valence-corrected chi connectivity index (χ4v) is 6.88. The zero-order valence-corrected chi connectivity index (χ0v) is 23.3. The lowest BCUT2D eigenvalue weighted by Gasteiger charge is -2.37. The van der Waals surface area contributed by atoms with Crippen LogP contribution >= 0.6 is 0 Å². The maximum atomic E-state index is 13.7. The molecule has 2 aliphatic rings. The number of hydrogen-bond donors (Lipinski definition) is 1. The van der Waals surface area contributed by atoms with Crippen LogP contribution in [0.5, 0.6) is 5.75 Å². The highest BCUT2D eigenvalue weighted by Gasteiger charge is 2.38. The van der Waals surface area contributed by atoms with Crippen molar-refractivity contribution in [3.63, 3.8) is 0 Å². The molecule has 0 unspecified atom stereocenters. The van der Waals surface area contributed by atoms with Crippen LogP contribution in [0.2, 0.25) is 0 Å². The quantitative estimate of drug-likeness (QED) is 0.567. The molecule has 3 atom stereocenters. The Hall–Kier alpha value is -2.86. The van der Waals surface area contributed by atoms with Crippen molar-refractivity contribution >= 4 is 15.9 Å². The number of ether oxygens (including phenoxy) is 1. The van der Waals surface area contributed by atoms with Gasteiger partial charge in [-0.05, 0) is 43.5 Å². The Labute approximate surface area is 226 Å². The van der Waals surface area contributed by atoms with Gasteiger partial charge in [0.25, 0.3) is 0 Å². The summed E-state index contributed by atoms with van der Waals surface area (Å²) in [4.78, 5) is 14.7. The first kappa shape index (κ1) is 28.2. The van der Waals surface area contributed by atoms with Crippen molar-refractivity contribution in [2.24, 2.45) is 11.8 Å². The van der Waals surface area contributed by atoms with Gasteiger partial charge in [0, 0.05) is 37.0 Å². The number of benzene rings is 2. The minimum atomic E-state index is -3.92. The molecule has 1 heterocycles. The molecule has 1 aliphatic carbocycles. The molecule has 8 heteroatoms. The van der Waals surface area contributed by atoms with Gasteiger partial charge in [-0.25, -0.2) is 8.42 Å². The van der Waals surface area contributed by atoms with Gasteiger partial charge in [0.15, 0.2) is 0 Å². The first-order valence-electron chi connectivity index (χ1n) is 13.4. The van der Waals surface area contributed by atoms with E-state index in [1.54, 1.807) is 37.1 Å². The van der Waals surface area contributed by atoms with E-state index in [4.69, 9.17) is 4.74 Å². The van der Waals surface area contributed by atoms with Gasteiger partial charge in [-0.1, -0.05) is 61.9 Å². The minimum absolute atomic E-state index is 0.0429. The lowest BCUT2D eigenvalue weighted by Crippen LogP contribution is -2.50. The van der Waals surface area contributed by atoms with E-state index in [2.05, 4.69) is 11.8 Å². The molecule has 4 rings (SSSR count). The van der Waals surface area contributed by atoms with Gasteiger partial charge in [-0.2, -0.15) is 4.31 Å². The molecule has 0 aromatic heterocycles. The fourth-order valence-electron chi connectivity index (χ4n) is 5.05. The van der Waals surface area contributed by atoms with Crippen molar-refractivity contribution < 1.29 is 23.1 Å². The van der Waals surface area contributed by atoms with Crippen molar-refractivity contribution in [2.75, 3.05) is 26.7 Å². The SMILES string of the molecule is C[C@H](CO)N1C[C@H](C)[C@H](CN(C)C(=O)Cc2ccccc2)Oc2cc(C#CC3CCCC3)ccc2S1(=O)=O. The summed E-state index contributed by atoms with van der Waals surface area (Å²) in [5.41, 5.74) is 1.63. The van der Waals surface area contributed by atoms with E-state index >= 15 is 0 Å². The average molecular weight is 539 g/mol. The smallest absolute Gasteiger partial charge is 0.247 e. The number of fused-ring (bicyclic) bond motifs is 1. The van der Waals surface area contributed by atoms with Gasteiger partial charge < -0.3 is 14.7 Å². The summed E-state index contributed by atoms with van der Waals surface area (Å²) < 4.78 is 35.1. The molecule has 2 aromatic rings. The molecular weight excluding hydrogens is 500 g/mol. The summed E-state index contributed by atoms with van der Waals surface area (Å²) in [6, 6.07) is 13.9. The number of aliphatic hydroxyl groups excluding tert-OH is 1. The van der Waals surface area contributed by atoms with E-state index < -0.39 is 22.2 Å². The van der Waals surface area contributed by atoms with E-state index in [-0.39, 0.29) is 42.0 Å². The summed E-state index contributed by atoms with van der Waals surface area (Å²) >= 11 is 0. The first-order valence-corrected chi connectivity index (χ1v) is 14.9. The Morgan fingerprint density at radius 1 is 1.18 bits per heavy atom. The maximum Gasteiger partial charge on any atom is 0.247 e. The largest absolute Gasteiger partial charge is 0.487 e. The second kappa shape index (κ2) is 12.3. The number of rotatable bonds is 6. The molecule has 0 bridgehead atoms. The van der Waals surface area contributed by atoms with E-state index in [1.807, 2.05) is 37.3 Å². The average Bonchev–Trinajstić information content (AvgIpc) is 3.43. The highest BCUT2D eigenvalue weighted by molar-refractivity contribution is 7.89. The Morgan fingerprint density at radius 3 is 2.58 bits per heavy atom. The van der Waals surface area contributed by atoms with Crippen LogP contribution in [0.1, 0.15) is 50.7 Å². The normalized spacial score (nSPS) is 22.2. The van der Waals surface area contributed by atoms with E-state index in [0.29, 0.717) is 18.0 Å². The number of carbonyl (C=O) groups is 1. The van der Waals surface area contributed by atoms with Gasteiger partial charge in [-0.15, -0.1) is 0 Å². The molecule has 0 saturated heterocycles. The van der Waals surface area contributed by atoms with Crippen LogP contribution in [0.4, 0.5) is 0 Å². The van der Waals surface area contributed by atoms with Crippen LogP contribution in [0, 0.1) is 23.7 Å². The molecule has 0 spiro atoms. The second-order valence-electron chi connectivity index (χ2n) is 10.6. The number of hydrogen-bond acceptors (Lipinski definition) is 5. The number of likely N-dealkylation sites (N-methyl/N-ethyl adjacent to an activating group) is 1. The molecule has 1 fully saturated rings. The van der Waals surface area contributed by atoms with Gasteiger partial charge in [-0.3, -0.25) is 4.79 Å². The number of carbonyl (C=O) groups excluding carboxylic acids is 1. The Morgan fingerprint density at radius 2 is 1.89 bits per heavy atom. The Balaban J connectivity index is 1.64. The summed E-state index contributed by atoms with van der Waals surface area (Å²) in [6.45, 7) is 3.77. The molecule has 204 valence electrons. The maximum absolute atomic E-state index is 13.7. The molecule has 2 aromatic carbocycles. The Bertz CT molecular complexity index is 1280. The summed E-state index contributed by atoms with van der Waals surface area (Å²) in [7, 11) is -2.18. The highest BCUT2D eigenvalue weighted by atomic mass is 32.2. The lowest BCUT2D eigenvalue weighted by atomic mass is 10.0. The standard InChI is InChI=1S/C30H38N2O5S/c1-22-19-32(23(2)21-33)38(35,36)29-16-15-26(14-13-24-9-7-8-10-24)17-27(29)37-28(22)20-31(3)30(34)18-25-11-5-4-6-12-25/h4-6,11-12,15-17,22-24,28,33H,7-10,18-21H2,1-3H3/t22-,23+,28-/m0/s1. The molecule has 1 N–H and O–H groups in total. The van der Waals surface area contributed by atoms with Crippen molar-refractivity contribution in [3.8, 4) is 17.6 Å². The van der Waals surface area contributed by atoms with E-state index in [9.17, 15) is 18.3 Å². The Kier molecular flexibility index (Phi) is 9.14. The molecule has 7 nitrogen and oxygen atoms in total. The fraction of sp³-hybridized carbons (Fsp3) is 0.500. The van der Waals surface area contributed by atoms with Crippen LogP contribution in [0.15, 0.2) is 53.4 Å². The third-order valence-corrected chi connectivity index (χ3v) is 9.54. The van der Waals surface area contributed by atoms with Crippen LogP contribution < -0.4 is 4.74 Å². The summed E-state index contributed by atoms with van der Waals surface area (Å²) in [5.74, 6) is 6.87. The molecule has 0 radical (unpaired) electrons. The number of sulfonamides is 1. The predicted octanol–water partition coefficient (Wildman–Crippen LogP) is 3.70. The van der Waals surface area contributed by atoms with Crippen molar-refractivity contribution in [3.05, 3.63) is 59.7 Å². The number of amides is 1. The van der Waals surface area contributed by atoms with Gasteiger partial charge in [0.1, 0.15) is 16.7 Å². The molecule has 1 saturated carbocycles. The summed E-state index contributed by atoms with van der Waals surface area (Å²) in [6.07, 6.45) is 4.40. The zero-order valence-electron chi connectivity index (χ0n) is 22.5. The van der Waals surface area contributed by atoms with Crippen molar-refractivity contribution in [2.45, 2.75) is 63.0 Å². The number of nitrogens with zero attached hydrogens (tertiary/aromatic N) is 2. The summed E-state index contributed by atoms with van der Waals surface area (Å²) in [5, 5.41) is 9.85. The second-order valence-corrected chi connectivity index (χ2v) is 12.4. The molecule has 1 amide bonds. The predicted molar refractivity (Wildman–Crippen MR) is 147 cm³/mol. The number of aliphatic hydroxyl groups is 1. The minimum Gasteiger partial charge on any atom is -0.487 e. The van der Waals surface area contributed by atoms with Crippen LogP contribution in [0.25, 0.3) is 0 Å².